The van der Waals surface area contributed by atoms with Crippen LogP contribution in [0.2, 0.25) is 10.0 Å². The molecule has 1 heterocycles. The predicted octanol–water partition coefficient (Wildman–Crippen LogP) is 6.89. The van der Waals surface area contributed by atoms with Gasteiger partial charge in [-0.15, -0.1) is 0 Å². The summed E-state index contributed by atoms with van der Waals surface area (Å²) in [5.41, 5.74) is 3.61. The average molecular weight is 482 g/mol. The summed E-state index contributed by atoms with van der Waals surface area (Å²) in [6.45, 7) is 0. The minimum absolute atomic E-state index is 0.0230. The molecule has 164 valence electrons. The lowest BCUT2D eigenvalue weighted by molar-refractivity contribution is -0.138. The molecule has 13 heteroatoms. The number of nitrogen functional groups attached to an aromatic ring is 1. The Morgan fingerprint density at radius 2 is 1.39 bits per heavy atom. The lowest BCUT2D eigenvalue weighted by Crippen LogP contribution is -2.09. The van der Waals surface area contributed by atoms with E-state index in [9.17, 15) is 26.3 Å². The first-order chi connectivity index (χ1) is 14.4. The fourth-order valence-corrected chi connectivity index (χ4v) is 2.87. The van der Waals surface area contributed by atoms with E-state index in [2.05, 4.69) is 20.6 Å². The highest BCUT2D eigenvalue weighted by Gasteiger charge is 2.33. The molecule has 2 aromatic carbocycles. The van der Waals surface area contributed by atoms with Crippen molar-refractivity contribution in [1.82, 2.24) is 9.97 Å². The molecule has 0 fully saturated rings. The Balaban J connectivity index is 1.92. The zero-order valence-corrected chi connectivity index (χ0v) is 16.5. The van der Waals surface area contributed by atoms with Gasteiger partial charge in [-0.2, -0.15) is 26.3 Å². The number of hydrogen-bond donors (Lipinski definition) is 3. The molecule has 0 saturated carbocycles. The highest BCUT2D eigenvalue weighted by atomic mass is 35.5. The zero-order chi connectivity index (χ0) is 23.0. The lowest BCUT2D eigenvalue weighted by Gasteiger charge is -2.16. The molecule has 4 N–H and O–H groups in total. The van der Waals surface area contributed by atoms with Gasteiger partial charge in [-0.05, 0) is 36.4 Å². The van der Waals surface area contributed by atoms with E-state index in [-0.39, 0.29) is 33.7 Å². The van der Waals surface area contributed by atoms with Crippen LogP contribution in [0.5, 0.6) is 0 Å². The smallest absolute Gasteiger partial charge is 0.393 e. The van der Waals surface area contributed by atoms with Crippen molar-refractivity contribution in [3.8, 4) is 0 Å². The van der Waals surface area contributed by atoms with Crippen molar-refractivity contribution < 1.29 is 26.3 Å². The van der Waals surface area contributed by atoms with Crippen LogP contribution in [0.1, 0.15) is 11.1 Å². The lowest BCUT2D eigenvalue weighted by atomic mass is 10.2. The summed E-state index contributed by atoms with van der Waals surface area (Å²) in [6.07, 6.45) is -8.27. The van der Waals surface area contributed by atoms with Gasteiger partial charge >= 0.3 is 12.4 Å². The summed E-state index contributed by atoms with van der Waals surface area (Å²) in [7, 11) is 0. The second kappa shape index (κ2) is 8.31. The largest absolute Gasteiger partial charge is 0.417 e. The molecule has 0 radical (unpaired) electrons. The van der Waals surface area contributed by atoms with Crippen LogP contribution >= 0.6 is 23.2 Å². The number of benzene rings is 2. The van der Waals surface area contributed by atoms with Crippen LogP contribution < -0.4 is 16.4 Å². The van der Waals surface area contributed by atoms with E-state index in [0.29, 0.717) is 0 Å². The fourth-order valence-electron chi connectivity index (χ4n) is 2.48. The van der Waals surface area contributed by atoms with E-state index >= 15 is 0 Å². The Morgan fingerprint density at radius 3 is 2.00 bits per heavy atom. The van der Waals surface area contributed by atoms with Gasteiger partial charge in [0.15, 0.2) is 11.6 Å². The van der Waals surface area contributed by atoms with Crippen molar-refractivity contribution in [2.24, 2.45) is 0 Å². The normalized spacial score (nSPS) is 12.0. The molecule has 0 aliphatic rings. The monoisotopic (exact) mass is 481 g/mol. The Bertz CT molecular complexity index is 1120. The molecule has 1 aromatic heterocycles. The zero-order valence-electron chi connectivity index (χ0n) is 15.0. The van der Waals surface area contributed by atoms with Crippen molar-refractivity contribution in [3.05, 3.63) is 63.9 Å². The van der Waals surface area contributed by atoms with Crippen LogP contribution in [-0.2, 0) is 12.4 Å². The van der Waals surface area contributed by atoms with Gasteiger partial charge in [-0.1, -0.05) is 23.2 Å². The first-order valence-electron chi connectivity index (χ1n) is 8.24. The quantitative estimate of drug-likeness (QED) is 0.353. The summed E-state index contributed by atoms with van der Waals surface area (Å²) in [5.74, 6) is -0.195. The van der Waals surface area contributed by atoms with E-state index in [1.165, 1.54) is 6.07 Å². The molecule has 0 aliphatic carbocycles. The number of anilines is 5. The van der Waals surface area contributed by atoms with Gasteiger partial charge in [0.05, 0.1) is 26.9 Å². The van der Waals surface area contributed by atoms with E-state index in [0.717, 1.165) is 36.7 Å². The van der Waals surface area contributed by atoms with Crippen molar-refractivity contribution >= 4 is 51.9 Å². The van der Waals surface area contributed by atoms with Crippen LogP contribution in [0, 0.1) is 0 Å². The van der Waals surface area contributed by atoms with E-state index in [4.69, 9.17) is 28.9 Å². The first kappa shape index (κ1) is 22.8. The number of alkyl halides is 6. The highest BCUT2D eigenvalue weighted by molar-refractivity contribution is 6.33. The van der Waals surface area contributed by atoms with E-state index < -0.39 is 28.5 Å². The van der Waals surface area contributed by atoms with Gasteiger partial charge in [0.25, 0.3) is 0 Å². The molecule has 3 aromatic rings. The van der Waals surface area contributed by atoms with Crippen LogP contribution in [0.15, 0.2) is 42.7 Å². The number of nitrogens with zero attached hydrogens (tertiary/aromatic N) is 2. The molecule has 0 unspecified atom stereocenters. The van der Waals surface area contributed by atoms with E-state index in [1.807, 2.05) is 0 Å². The number of aromatic nitrogens is 2. The Kier molecular flexibility index (Phi) is 6.10. The molecule has 5 nitrogen and oxygen atoms in total. The Labute approximate surface area is 181 Å². The topological polar surface area (TPSA) is 75.9 Å². The summed E-state index contributed by atoms with van der Waals surface area (Å²) >= 11 is 11.5. The molecular weight excluding hydrogens is 471 g/mol. The van der Waals surface area contributed by atoms with Gasteiger partial charge in [0, 0.05) is 5.69 Å². The number of nitrogens with two attached hydrogens (primary N) is 1. The van der Waals surface area contributed by atoms with Crippen LogP contribution in [0.3, 0.4) is 0 Å². The maximum absolute atomic E-state index is 13.0. The summed E-state index contributed by atoms with van der Waals surface area (Å²) < 4.78 is 78.0. The van der Waals surface area contributed by atoms with E-state index in [1.54, 1.807) is 0 Å². The maximum atomic E-state index is 13.0. The minimum Gasteiger partial charge on any atom is -0.393 e. The molecule has 3 rings (SSSR count). The van der Waals surface area contributed by atoms with Crippen molar-refractivity contribution in [1.29, 1.82) is 0 Å². The summed E-state index contributed by atoms with van der Waals surface area (Å²) in [6, 6.07) is 5.71. The Morgan fingerprint density at radius 1 is 0.774 bits per heavy atom. The van der Waals surface area contributed by atoms with Crippen LogP contribution in [0.4, 0.5) is 55.0 Å². The molecule has 0 bridgehead atoms. The van der Waals surface area contributed by atoms with Gasteiger partial charge < -0.3 is 16.4 Å². The maximum Gasteiger partial charge on any atom is 0.417 e. The first-order valence-corrected chi connectivity index (χ1v) is 9.00. The summed E-state index contributed by atoms with van der Waals surface area (Å²) in [5, 5.41) is 4.65. The molecule has 0 spiro atoms. The number of rotatable bonds is 4. The SMILES string of the molecule is Nc1c(Nc2ccc(Cl)c(C(F)(F)F)c2)ncnc1Nc1cc(C(F)(F)F)ccc1Cl. The summed E-state index contributed by atoms with van der Waals surface area (Å²) in [4.78, 5) is 7.71. The molecule has 0 atom stereocenters. The predicted molar refractivity (Wildman–Crippen MR) is 106 cm³/mol. The molecule has 31 heavy (non-hydrogen) atoms. The fraction of sp³-hybridized carbons (Fsp3) is 0.111. The van der Waals surface area contributed by atoms with Crippen molar-refractivity contribution in [3.63, 3.8) is 0 Å². The third-order valence-corrected chi connectivity index (χ3v) is 4.62. The van der Waals surface area contributed by atoms with Gasteiger partial charge in [0.2, 0.25) is 0 Å². The molecule has 0 saturated heterocycles. The number of nitrogens with one attached hydrogen (secondary N) is 2. The second-order valence-electron chi connectivity index (χ2n) is 6.12. The molecule has 0 aliphatic heterocycles. The van der Waals surface area contributed by atoms with Gasteiger partial charge in [-0.3, -0.25) is 0 Å². The average Bonchev–Trinajstić information content (AvgIpc) is 2.66. The highest BCUT2D eigenvalue weighted by Crippen LogP contribution is 2.38. The third-order valence-electron chi connectivity index (χ3n) is 3.97. The standard InChI is InChI=1S/C18H11Cl2F6N5/c19-11-4-2-9(6-10(11)18(24,25)26)30-15-14(27)16(29-7-28-15)31-13-5-8(17(21,22)23)1-3-12(13)20/h1-7H,27H2,(H2,28,29,30,31). The van der Waals surface area contributed by atoms with Crippen molar-refractivity contribution in [2.45, 2.75) is 12.4 Å². The Hall–Kier alpha value is -2.92. The molecule has 0 amide bonds. The number of hydrogen-bond acceptors (Lipinski definition) is 5. The number of halogens is 8. The molecular formula is C18H11Cl2F6N5. The van der Waals surface area contributed by atoms with Crippen LogP contribution in [0.25, 0.3) is 0 Å². The van der Waals surface area contributed by atoms with Crippen LogP contribution in [-0.4, -0.2) is 9.97 Å². The third kappa shape index (κ3) is 5.23. The van der Waals surface area contributed by atoms with Gasteiger partial charge in [0.1, 0.15) is 12.0 Å². The van der Waals surface area contributed by atoms with Gasteiger partial charge in [-0.25, -0.2) is 9.97 Å². The second-order valence-corrected chi connectivity index (χ2v) is 6.93. The minimum atomic E-state index is -4.68. The van der Waals surface area contributed by atoms with Crippen molar-refractivity contribution in [2.75, 3.05) is 16.4 Å².